The molecule has 1 heterocycles. The smallest absolute Gasteiger partial charge is 0.313 e. The topological polar surface area (TPSA) is 49.4 Å². The quantitative estimate of drug-likeness (QED) is 0.845. The lowest BCUT2D eigenvalue weighted by Gasteiger charge is -2.23. The van der Waals surface area contributed by atoms with Crippen molar-refractivity contribution in [2.75, 3.05) is 11.9 Å². The first-order valence-corrected chi connectivity index (χ1v) is 6.91. The number of amides is 2. The molecule has 1 aromatic carbocycles. The number of carbonyl (C=O) groups is 2. The number of nitrogens with zero attached hydrogens (tertiary/aromatic N) is 1. The van der Waals surface area contributed by atoms with Crippen molar-refractivity contribution >= 4 is 17.5 Å². The number of nitrogens with one attached hydrogen (secondary N) is 1. The van der Waals surface area contributed by atoms with Gasteiger partial charge in [0.05, 0.1) is 0 Å². The molecule has 1 fully saturated rings. The molecular formula is C15H19FN2O2. The Bertz CT molecular complexity index is 531. The van der Waals surface area contributed by atoms with Crippen LogP contribution in [0.25, 0.3) is 0 Å². The van der Waals surface area contributed by atoms with Gasteiger partial charge < -0.3 is 10.2 Å². The maximum atomic E-state index is 13.4. The molecule has 20 heavy (non-hydrogen) atoms. The summed E-state index contributed by atoms with van der Waals surface area (Å²) in [6.07, 6.45) is 2.71. The Morgan fingerprint density at radius 1 is 1.45 bits per heavy atom. The van der Waals surface area contributed by atoms with Crippen molar-refractivity contribution in [1.82, 2.24) is 4.90 Å². The summed E-state index contributed by atoms with van der Waals surface area (Å²) in [5.74, 6) is -1.63. The Kier molecular flexibility index (Phi) is 4.37. The summed E-state index contributed by atoms with van der Waals surface area (Å²) < 4.78 is 13.4. The van der Waals surface area contributed by atoms with Crippen molar-refractivity contribution in [2.24, 2.45) is 0 Å². The highest BCUT2D eigenvalue weighted by Crippen LogP contribution is 2.21. The SMILES string of the molecule is CCC1CCCN1C(=O)C(=O)Nc1cccc(F)c1C. The van der Waals surface area contributed by atoms with Gasteiger partial charge in [-0.15, -0.1) is 0 Å². The molecule has 0 spiro atoms. The number of carbonyl (C=O) groups excluding carboxylic acids is 2. The second-order valence-corrected chi connectivity index (χ2v) is 5.07. The second-order valence-electron chi connectivity index (χ2n) is 5.07. The Labute approximate surface area is 118 Å². The maximum absolute atomic E-state index is 13.4. The molecule has 0 radical (unpaired) electrons. The monoisotopic (exact) mass is 278 g/mol. The van der Waals surface area contributed by atoms with Gasteiger partial charge in [-0.05, 0) is 38.3 Å². The van der Waals surface area contributed by atoms with Crippen LogP contribution in [0.15, 0.2) is 18.2 Å². The van der Waals surface area contributed by atoms with E-state index in [-0.39, 0.29) is 6.04 Å². The van der Waals surface area contributed by atoms with Gasteiger partial charge in [0.1, 0.15) is 5.82 Å². The number of likely N-dealkylation sites (tertiary alicyclic amines) is 1. The van der Waals surface area contributed by atoms with Crippen molar-refractivity contribution in [3.63, 3.8) is 0 Å². The van der Waals surface area contributed by atoms with Gasteiger partial charge in [-0.25, -0.2) is 4.39 Å². The molecule has 108 valence electrons. The number of hydrogen-bond acceptors (Lipinski definition) is 2. The molecule has 1 aliphatic heterocycles. The van der Waals surface area contributed by atoms with Crippen LogP contribution in [0.4, 0.5) is 10.1 Å². The second kappa shape index (κ2) is 6.03. The summed E-state index contributed by atoms with van der Waals surface area (Å²) in [4.78, 5) is 25.8. The summed E-state index contributed by atoms with van der Waals surface area (Å²) in [5, 5.41) is 2.50. The van der Waals surface area contributed by atoms with Gasteiger partial charge in [-0.1, -0.05) is 13.0 Å². The highest BCUT2D eigenvalue weighted by molar-refractivity contribution is 6.39. The van der Waals surface area contributed by atoms with Crippen molar-refractivity contribution in [3.05, 3.63) is 29.6 Å². The molecule has 1 N–H and O–H groups in total. The Morgan fingerprint density at radius 3 is 2.90 bits per heavy atom. The average Bonchev–Trinajstić information content (AvgIpc) is 2.91. The van der Waals surface area contributed by atoms with E-state index in [0.29, 0.717) is 17.8 Å². The normalized spacial score (nSPS) is 18.1. The molecule has 0 aromatic heterocycles. The van der Waals surface area contributed by atoms with Crippen molar-refractivity contribution in [2.45, 2.75) is 39.2 Å². The van der Waals surface area contributed by atoms with E-state index < -0.39 is 17.6 Å². The molecule has 1 saturated heterocycles. The van der Waals surface area contributed by atoms with Crippen LogP contribution >= 0.6 is 0 Å². The van der Waals surface area contributed by atoms with Crippen LogP contribution in [0.3, 0.4) is 0 Å². The third-order valence-electron chi connectivity index (χ3n) is 3.82. The van der Waals surface area contributed by atoms with E-state index in [9.17, 15) is 14.0 Å². The molecule has 4 nitrogen and oxygen atoms in total. The average molecular weight is 278 g/mol. The Hall–Kier alpha value is -1.91. The van der Waals surface area contributed by atoms with Gasteiger partial charge in [0.2, 0.25) is 0 Å². The lowest BCUT2D eigenvalue weighted by atomic mass is 10.1. The number of hydrogen-bond donors (Lipinski definition) is 1. The Morgan fingerprint density at radius 2 is 2.20 bits per heavy atom. The molecular weight excluding hydrogens is 259 g/mol. The molecule has 1 aromatic rings. The number of rotatable bonds is 2. The van der Waals surface area contributed by atoms with Gasteiger partial charge >= 0.3 is 11.8 Å². The van der Waals surface area contributed by atoms with Crippen molar-refractivity contribution < 1.29 is 14.0 Å². The molecule has 0 aliphatic carbocycles. The van der Waals surface area contributed by atoms with Crippen LogP contribution in [0.2, 0.25) is 0 Å². The predicted octanol–water partition coefficient (Wildman–Crippen LogP) is 2.47. The molecule has 0 bridgehead atoms. The predicted molar refractivity (Wildman–Crippen MR) is 74.8 cm³/mol. The zero-order valence-corrected chi connectivity index (χ0v) is 11.8. The molecule has 0 saturated carbocycles. The summed E-state index contributed by atoms with van der Waals surface area (Å²) in [6.45, 7) is 4.19. The van der Waals surface area contributed by atoms with Crippen LogP contribution in [-0.2, 0) is 9.59 Å². The van der Waals surface area contributed by atoms with E-state index in [1.165, 1.54) is 12.1 Å². The van der Waals surface area contributed by atoms with E-state index in [2.05, 4.69) is 5.32 Å². The van der Waals surface area contributed by atoms with Crippen LogP contribution in [0, 0.1) is 12.7 Å². The van der Waals surface area contributed by atoms with Crippen LogP contribution in [0.1, 0.15) is 31.7 Å². The summed E-state index contributed by atoms with van der Waals surface area (Å²) >= 11 is 0. The third-order valence-corrected chi connectivity index (χ3v) is 3.82. The van der Waals surface area contributed by atoms with Crippen LogP contribution in [-0.4, -0.2) is 29.3 Å². The van der Waals surface area contributed by atoms with E-state index in [1.54, 1.807) is 17.9 Å². The number of halogens is 1. The largest absolute Gasteiger partial charge is 0.331 e. The fourth-order valence-electron chi connectivity index (χ4n) is 2.58. The first kappa shape index (κ1) is 14.5. The zero-order valence-electron chi connectivity index (χ0n) is 11.8. The zero-order chi connectivity index (χ0) is 14.7. The van der Waals surface area contributed by atoms with Crippen LogP contribution in [0.5, 0.6) is 0 Å². The standard InChI is InChI=1S/C15H19FN2O2/c1-3-11-6-5-9-18(11)15(20)14(19)17-13-8-4-7-12(16)10(13)2/h4,7-8,11H,3,5-6,9H2,1-2H3,(H,17,19). The van der Waals surface area contributed by atoms with E-state index in [4.69, 9.17) is 0 Å². The summed E-state index contributed by atoms with van der Waals surface area (Å²) in [5.41, 5.74) is 0.678. The first-order chi connectivity index (χ1) is 9.54. The minimum atomic E-state index is -0.695. The van der Waals surface area contributed by atoms with E-state index >= 15 is 0 Å². The molecule has 1 aliphatic rings. The third kappa shape index (κ3) is 2.81. The lowest BCUT2D eigenvalue weighted by Crippen LogP contribution is -2.42. The van der Waals surface area contributed by atoms with Gasteiger partial charge in [-0.2, -0.15) is 0 Å². The van der Waals surface area contributed by atoms with Crippen molar-refractivity contribution in [3.8, 4) is 0 Å². The minimum absolute atomic E-state index is 0.141. The van der Waals surface area contributed by atoms with E-state index in [1.807, 2.05) is 6.92 Å². The highest BCUT2D eigenvalue weighted by atomic mass is 19.1. The van der Waals surface area contributed by atoms with Gasteiger partial charge in [0.25, 0.3) is 0 Å². The number of benzene rings is 1. The van der Waals surface area contributed by atoms with E-state index in [0.717, 1.165) is 19.3 Å². The van der Waals surface area contributed by atoms with Crippen molar-refractivity contribution in [1.29, 1.82) is 0 Å². The highest BCUT2D eigenvalue weighted by Gasteiger charge is 2.31. The summed E-state index contributed by atoms with van der Waals surface area (Å²) in [6, 6.07) is 4.56. The minimum Gasteiger partial charge on any atom is -0.331 e. The molecule has 1 unspecified atom stereocenters. The molecule has 2 amide bonds. The first-order valence-electron chi connectivity index (χ1n) is 6.91. The summed E-state index contributed by atoms with van der Waals surface area (Å²) in [7, 11) is 0. The Balaban J connectivity index is 2.08. The molecule has 1 atom stereocenters. The number of anilines is 1. The molecule has 2 rings (SSSR count). The maximum Gasteiger partial charge on any atom is 0.313 e. The fourth-order valence-corrected chi connectivity index (χ4v) is 2.58. The van der Waals surface area contributed by atoms with Gasteiger partial charge in [0, 0.05) is 23.8 Å². The molecule has 5 heteroatoms. The fraction of sp³-hybridized carbons (Fsp3) is 0.467. The van der Waals surface area contributed by atoms with Crippen LogP contribution < -0.4 is 5.32 Å². The van der Waals surface area contributed by atoms with Gasteiger partial charge in [-0.3, -0.25) is 9.59 Å². The lowest BCUT2D eigenvalue weighted by molar-refractivity contribution is -0.143. The van der Waals surface area contributed by atoms with Gasteiger partial charge in [0.15, 0.2) is 0 Å².